The molecule has 1 unspecified atom stereocenters. The zero-order valence-corrected chi connectivity index (χ0v) is 13.4. The van der Waals surface area contributed by atoms with Crippen LogP contribution in [0, 0.1) is 0 Å². The van der Waals surface area contributed by atoms with Gasteiger partial charge in [0.2, 0.25) is 0 Å². The van der Waals surface area contributed by atoms with Gasteiger partial charge in [0.1, 0.15) is 0 Å². The Morgan fingerprint density at radius 1 is 1.08 bits per heavy atom. The van der Waals surface area contributed by atoms with Gasteiger partial charge in [0, 0.05) is 0 Å². The Labute approximate surface area is 92.4 Å². The second-order valence-corrected chi connectivity index (χ2v) is 13.9. The molecular formula is C11H26InN. The molecule has 0 N–H and O–H groups in total. The Hall–Kier alpha value is 0.830. The van der Waals surface area contributed by atoms with Crippen molar-refractivity contribution in [1.82, 2.24) is 4.90 Å². The van der Waals surface area contributed by atoms with Crippen LogP contribution in [0.1, 0.15) is 33.6 Å². The van der Waals surface area contributed by atoms with Crippen LogP contribution < -0.4 is 0 Å². The van der Waals surface area contributed by atoms with Crippen LogP contribution >= 0.6 is 0 Å². The van der Waals surface area contributed by atoms with Crippen molar-refractivity contribution in [2.75, 3.05) is 13.1 Å². The predicted molar refractivity (Wildman–Crippen MR) is 63.9 cm³/mol. The number of nitrogens with zero attached hydrogens (tertiary/aromatic N) is 1. The average molecular weight is 287 g/mol. The van der Waals surface area contributed by atoms with Crippen LogP contribution in [0.2, 0.25) is 13.5 Å². The van der Waals surface area contributed by atoms with E-state index in [9.17, 15) is 0 Å². The molecule has 0 aliphatic heterocycles. The van der Waals surface area contributed by atoms with Crippen LogP contribution in [-0.4, -0.2) is 45.5 Å². The van der Waals surface area contributed by atoms with Crippen LogP contribution in [0.25, 0.3) is 0 Å². The van der Waals surface area contributed by atoms with Gasteiger partial charge in [-0.3, -0.25) is 0 Å². The third-order valence-corrected chi connectivity index (χ3v) is 7.12. The molecule has 2 heteroatoms. The van der Waals surface area contributed by atoms with E-state index in [1.807, 2.05) is 0 Å². The number of hydrogen-bond acceptors (Lipinski definition) is 1. The van der Waals surface area contributed by atoms with Gasteiger partial charge in [-0.15, -0.1) is 0 Å². The molecule has 0 rings (SSSR count). The van der Waals surface area contributed by atoms with E-state index in [2.05, 4.69) is 35.0 Å². The normalized spacial score (nSPS) is 13.4. The van der Waals surface area contributed by atoms with Crippen LogP contribution in [0.5, 0.6) is 0 Å². The Bertz CT molecular complexity index is 111. The summed E-state index contributed by atoms with van der Waals surface area (Å²) in [5.74, 6) is 0. The van der Waals surface area contributed by atoms with E-state index in [0.29, 0.717) is 0 Å². The summed E-state index contributed by atoms with van der Waals surface area (Å²) in [6, 6.07) is 0.870. The first-order valence-electron chi connectivity index (χ1n) is 5.89. The topological polar surface area (TPSA) is 3.24 Å². The van der Waals surface area contributed by atoms with Crippen molar-refractivity contribution < 1.29 is 0 Å². The summed E-state index contributed by atoms with van der Waals surface area (Å²) in [5, 5.41) is 0. The number of rotatable bonds is 7. The zero-order valence-electron chi connectivity index (χ0n) is 10.1. The Balaban J connectivity index is 3.85. The molecule has 78 valence electrons. The summed E-state index contributed by atoms with van der Waals surface area (Å²) < 4.78 is 6.63. The molecule has 0 heterocycles. The van der Waals surface area contributed by atoms with Crippen LogP contribution in [0.3, 0.4) is 0 Å². The molecule has 0 aliphatic rings. The molecule has 0 aliphatic carbocycles. The first kappa shape index (κ1) is 13.8. The maximum absolute atomic E-state index is 2.62. The summed E-state index contributed by atoms with van der Waals surface area (Å²) in [6.45, 7) is 9.35. The summed E-state index contributed by atoms with van der Waals surface area (Å²) in [6.07, 6.45) is 2.80. The Morgan fingerprint density at radius 3 is 1.92 bits per heavy atom. The molecule has 0 spiro atoms. The fourth-order valence-electron chi connectivity index (χ4n) is 1.91. The molecule has 13 heavy (non-hydrogen) atoms. The quantitative estimate of drug-likeness (QED) is 0.694. The van der Waals surface area contributed by atoms with Crippen LogP contribution in [-0.2, 0) is 0 Å². The van der Waals surface area contributed by atoms with Crippen molar-refractivity contribution in [3.63, 3.8) is 0 Å². The Morgan fingerprint density at radius 2 is 1.62 bits per heavy atom. The monoisotopic (exact) mass is 287 g/mol. The summed E-state index contributed by atoms with van der Waals surface area (Å²) >= 11 is -0.936. The molecular weight excluding hydrogens is 261 g/mol. The molecule has 0 saturated carbocycles. The van der Waals surface area contributed by atoms with Crippen molar-refractivity contribution in [2.24, 2.45) is 0 Å². The molecule has 0 saturated heterocycles. The van der Waals surface area contributed by atoms with Crippen molar-refractivity contribution in [3.05, 3.63) is 0 Å². The fraction of sp³-hybridized carbons (Fsp3) is 1.00. The van der Waals surface area contributed by atoms with E-state index in [1.165, 1.54) is 25.9 Å². The van der Waals surface area contributed by atoms with Crippen molar-refractivity contribution in [3.8, 4) is 0 Å². The second kappa shape index (κ2) is 8.16. The van der Waals surface area contributed by atoms with E-state index in [0.717, 1.165) is 6.04 Å². The van der Waals surface area contributed by atoms with Gasteiger partial charge in [0.05, 0.1) is 0 Å². The zero-order chi connectivity index (χ0) is 10.3. The van der Waals surface area contributed by atoms with Crippen molar-refractivity contribution in [1.29, 1.82) is 0 Å². The first-order valence-corrected chi connectivity index (χ1v) is 14.8. The van der Waals surface area contributed by atoms with Crippen LogP contribution in [0.15, 0.2) is 0 Å². The molecule has 0 fully saturated rings. The molecule has 0 radical (unpaired) electrons. The van der Waals surface area contributed by atoms with Crippen LogP contribution in [0.4, 0.5) is 0 Å². The summed E-state index contributed by atoms with van der Waals surface area (Å²) in [5.41, 5.74) is 0. The molecule has 0 aromatic heterocycles. The van der Waals surface area contributed by atoms with Gasteiger partial charge in [-0.05, 0) is 0 Å². The summed E-state index contributed by atoms with van der Waals surface area (Å²) in [7, 11) is 0. The minimum absolute atomic E-state index is 0.870. The van der Waals surface area contributed by atoms with E-state index in [1.54, 1.807) is 4.18 Å². The van der Waals surface area contributed by atoms with Crippen molar-refractivity contribution >= 4 is 21.4 Å². The van der Waals surface area contributed by atoms with E-state index < -0.39 is 21.4 Å². The number of hydrogen-bond donors (Lipinski definition) is 0. The SMILES string of the molecule is CCC(C[CH2][In]([CH3])[CH3])N(CC)CC. The molecule has 1 atom stereocenters. The van der Waals surface area contributed by atoms with Gasteiger partial charge in [0.25, 0.3) is 0 Å². The van der Waals surface area contributed by atoms with Crippen molar-refractivity contribution in [2.45, 2.75) is 53.2 Å². The minimum atomic E-state index is -0.936. The van der Waals surface area contributed by atoms with Gasteiger partial charge in [-0.25, -0.2) is 0 Å². The van der Waals surface area contributed by atoms with Gasteiger partial charge < -0.3 is 0 Å². The van der Waals surface area contributed by atoms with E-state index in [-0.39, 0.29) is 0 Å². The van der Waals surface area contributed by atoms with Gasteiger partial charge in [-0.2, -0.15) is 0 Å². The molecule has 1 nitrogen and oxygen atoms in total. The molecule has 0 amide bonds. The third kappa shape index (κ3) is 6.01. The summed E-state index contributed by atoms with van der Waals surface area (Å²) in [4.78, 5) is 2.62. The standard InChI is InChI=1S/C9H20N.2CH3.In/c1-5-9(6-2)10(7-3)8-4;;;/h9H,1,5-8H2,2-4H3;2*1H3;. The fourth-order valence-corrected chi connectivity index (χ4v) is 4.91. The van der Waals surface area contributed by atoms with E-state index >= 15 is 0 Å². The molecule has 0 bridgehead atoms. The third-order valence-electron chi connectivity index (χ3n) is 2.88. The van der Waals surface area contributed by atoms with Gasteiger partial charge >= 0.3 is 92.6 Å². The predicted octanol–water partition coefficient (Wildman–Crippen LogP) is 3.25. The molecule has 0 aromatic carbocycles. The average Bonchev–Trinajstić information content (AvgIpc) is 2.11. The molecule has 0 aromatic rings. The second-order valence-electron chi connectivity index (χ2n) is 4.25. The Kier molecular flexibility index (Phi) is 8.69. The van der Waals surface area contributed by atoms with Gasteiger partial charge in [0.15, 0.2) is 0 Å². The first-order chi connectivity index (χ1) is 6.15. The maximum atomic E-state index is 2.62. The van der Waals surface area contributed by atoms with Gasteiger partial charge in [-0.1, -0.05) is 0 Å². The van der Waals surface area contributed by atoms with E-state index in [4.69, 9.17) is 0 Å².